The molecule has 1 aromatic carbocycles. The molecule has 26 heavy (non-hydrogen) atoms. The number of esters is 1. The number of nitrogens with two attached hydrogens (primary N) is 1. The van der Waals surface area contributed by atoms with Gasteiger partial charge in [-0.1, -0.05) is 19.9 Å². The molecule has 0 saturated carbocycles. The fraction of sp³-hybridized carbons (Fsp3) is 0.471. The molecule has 0 aromatic heterocycles. The number of hydrogen-bond donors (Lipinski definition) is 3. The minimum absolute atomic E-state index is 0. The molecule has 1 aromatic rings. The van der Waals surface area contributed by atoms with E-state index in [0.29, 0.717) is 11.3 Å². The van der Waals surface area contributed by atoms with Gasteiger partial charge in [0.25, 0.3) is 0 Å². The molecule has 4 N–H and O–H groups in total. The molecule has 0 radical (unpaired) electrons. The van der Waals surface area contributed by atoms with Gasteiger partial charge in [0.2, 0.25) is 11.8 Å². The third kappa shape index (κ3) is 6.89. The Morgan fingerprint density at radius 2 is 1.81 bits per heavy atom. The summed E-state index contributed by atoms with van der Waals surface area (Å²) in [5.41, 5.74) is 6.66. The van der Waals surface area contributed by atoms with Crippen molar-refractivity contribution in [1.82, 2.24) is 10.6 Å². The summed E-state index contributed by atoms with van der Waals surface area (Å²) in [6.07, 6.45) is 0. The highest BCUT2D eigenvalue weighted by molar-refractivity contribution is 5.92. The molecule has 0 spiro atoms. The summed E-state index contributed by atoms with van der Waals surface area (Å²) < 4.78 is 9.81. The van der Waals surface area contributed by atoms with Gasteiger partial charge in [0, 0.05) is 6.54 Å². The molecule has 0 aliphatic carbocycles. The van der Waals surface area contributed by atoms with E-state index in [0.717, 1.165) is 0 Å². The predicted octanol–water partition coefficient (Wildman–Crippen LogP) is 0.619. The normalized spacial score (nSPS) is 11.2. The third-order valence-electron chi connectivity index (χ3n) is 3.60. The third-order valence-corrected chi connectivity index (χ3v) is 3.60. The molecule has 0 saturated heterocycles. The molecular weight excluding hydrogens is 362 g/mol. The zero-order valence-electron chi connectivity index (χ0n) is 15.3. The number of carbonyl (C=O) groups excluding carboxylic acids is 3. The van der Waals surface area contributed by atoms with Gasteiger partial charge in [0.05, 0.1) is 26.8 Å². The summed E-state index contributed by atoms with van der Waals surface area (Å²) in [5, 5.41) is 5.14. The van der Waals surface area contributed by atoms with E-state index < -0.39 is 12.0 Å². The van der Waals surface area contributed by atoms with Crippen LogP contribution < -0.4 is 21.1 Å². The van der Waals surface area contributed by atoms with Crippen molar-refractivity contribution >= 4 is 30.2 Å². The molecule has 0 heterocycles. The fourth-order valence-electron chi connectivity index (χ4n) is 1.99. The van der Waals surface area contributed by atoms with Crippen LogP contribution in [0.5, 0.6) is 5.75 Å². The highest BCUT2D eigenvalue weighted by Gasteiger charge is 2.18. The first-order valence-corrected chi connectivity index (χ1v) is 7.85. The molecule has 1 atom stereocenters. The van der Waals surface area contributed by atoms with Crippen LogP contribution in [0, 0.1) is 5.92 Å². The van der Waals surface area contributed by atoms with Gasteiger partial charge in [-0.25, -0.2) is 4.79 Å². The second kappa shape index (κ2) is 11.3. The van der Waals surface area contributed by atoms with Gasteiger partial charge in [-0.15, -0.1) is 12.4 Å². The number of rotatable bonds is 8. The Bertz CT molecular complexity index is 637. The Balaban J connectivity index is 0.00000625. The molecular formula is C17H26ClN3O5. The first kappa shape index (κ1) is 23.7. The van der Waals surface area contributed by atoms with Crippen molar-refractivity contribution in [2.24, 2.45) is 11.7 Å². The van der Waals surface area contributed by atoms with Crippen LogP contribution in [0.2, 0.25) is 0 Å². The molecule has 0 unspecified atom stereocenters. The van der Waals surface area contributed by atoms with Crippen LogP contribution in [-0.2, 0) is 20.9 Å². The van der Waals surface area contributed by atoms with Gasteiger partial charge in [-0.3, -0.25) is 9.59 Å². The van der Waals surface area contributed by atoms with E-state index >= 15 is 0 Å². The lowest BCUT2D eigenvalue weighted by Crippen LogP contribution is -2.47. The Kier molecular flexibility index (Phi) is 10.3. The number of nitrogens with one attached hydrogen (secondary N) is 2. The largest absolute Gasteiger partial charge is 0.496 e. The van der Waals surface area contributed by atoms with Gasteiger partial charge in [-0.05, 0) is 23.6 Å². The average molecular weight is 388 g/mol. The van der Waals surface area contributed by atoms with E-state index in [1.54, 1.807) is 18.2 Å². The lowest BCUT2D eigenvalue weighted by Gasteiger charge is -2.15. The maximum atomic E-state index is 11.8. The van der Waals surface area contributed by atoms with Crippen LogP contribution in [-0.4, -0.2) is 44.6 Å². The number of hydrogen-bond acceptors (Lipinski definition) is 6. The van der Waals surface area contributed by atoms with Crippen LogP contribution in [0.3, 0.4) is 0 Å². The lowest BCUT2D eigenvalue weighted by atomic mass is 10.1. The standard InChI is InChI=1S/C17H25N3O5.ClH/c1-10(2)15(18)16(22)20-9-14(21)19-8-11-5-6-13(24-3)12(7-11)17(23)25-4;/h5-7,10,15H,8-9,18H2,1-4H3,(H,19,21)(H,20,22);1H/t15-;/m0./s1. The van der Waals surface area contributed by atoms with Crippen LogP contribution in [0.15, 0.2) is 18.2 Å². The maximum Gasteiger partial charge on any atom is 0.341 e. The van der Waals surface area contributed by atoms with Crippen LogP contribution in [0.4, 0.5) is 0 Å². The lowest BCUT2D eigenvalue weighted by molar-refractivity contribution is -0.127. The first-order valence-electron chi connectivity index (χ1n) is 7.85. The van der Waals surface area contributed by atoms with E-state index in [1.807, 2.05) is 13.8 Å². The van der Waals surface area contributed by atoms with Gasteiger partial charge in [-0.2, -0.15) is 0 Å². The van der Waals surface area contributed by atoms with Crippen molar-refractivity contribution < 1.29 is 23.9 Å². The van der Waals surface area contributed by atoms with Crippen LogP contribution in [0.1, 0.15) is 29.8 Å². The van der Waals surface area contributed by atoms with Crippen molar-refractivity contribution in [1.29, 1.82) is 0 Å². The summed E-state index contributed by atoms with van der Waals surface area (Å²) in [5.74, 6) is -0.891. The Labute approximate surface area is 159 Å². The summed E-state index contributed by atoms with van der Waals surface area (Å²) in [7, 11) is 2.73. The highest BCUT2D eigenvalue weighted by Crippen LogP contribution is 2.20. The molecule has 0 fully saturated rings. The van der Waals surface area contributed by atoms with E-state index in [9.17, 15) is 14.4 Å². The number of ether oxygens (including phenoxy) is 2. The summed E-state index contributed by atoms with van der Waals surface area (Å²) in [4.78, 5) is 35.3. The Morgan fingerprint density at radius 3 is 2.35 bits per heavy atom. The zero-order valence-corrected chi connectivity index (χ0v) is 16.1. The second-order valence-electron chi connectivity index (χ2n) is 5.79. The SMILES string of the molecule is COC(=O)c1cc(CNC(=O)CNC(=O)[C@@H](N)C(C)C)ccc1OC.Cl. The predicted molar refractivity (Wildman–Crippen MR) is 99.3 cm³/mol. The number of methoxy groups -OCH3 is 2. The average Bonchev–Trinajstić information content (AvgIpc) is 2.62. The van der Waals surface area contributed by atoms with Crippen molar-refractivity contribution in [3.63, 3.8) is 0 Å². The minimum Gasteiger partial charge on any atom is -0.496 e. The fourth-order valence-corrected chi connectivity index (χ4v) is 1.99. The van der Waals surface area contributed by atoms with E-state index in [-0.39, 0.29) is 48.8 Å². The molecule has 8 nitrogen and oxygen atoms in total. The molecule has 0 aliphatic rings. The van der Waals surface area contributed by atoms with E-state index in [1.165, 1.54) is 14.2 Å². The second-order valence-corrected chi connectivity index (χ2v) is 5.79. The number of amides is 2. The van der Waals surface area contributed by atoms with E-state index in [2.05, 4.69) is 10.6 Å². The molecule has 9 heteroatoms. The van der Waals surface area contributed by atoms with Crippen molar-refractivity contribution in [3.05, 3.63) is 29.3 Å². The Morgan fingerprint density at radius 1 is 1.15 bits per heavy atom. The molecule has 146 valence electrons. The van der Waals surface area contributed by atoms with Crippen molar-refractivity contribution in [2.45, 2.75) is 26.4 Å². The molecule has 2 amide bonds. The zero-order chi connectivity index (χ0) is 19.0. The quantitative estimate of drug-likeness (QED) is 0.562. The van der Waals surface area contributed by atoms with Crippen LogP contribution in [0.25, 0.3) is 0 Å². The highest BCUT2D eigenvalue weighted by atomic mass is 35.5. The number of halogens is 1. The molecule has 0 bridgehead atoms. The first-order chi connectivity index (χ1) is 11.8. The van der Waals surface area contributed by atoms with Gasteiger partial charge < -0.3 is 25.8 Å². The summed E-state index contributed by atoms with van der Waals surface area (Å²) in [6.45, 7) is 3.68. The van der Waals surface area contributed by atoms with Crippen molar-refractivity contribution in [2.75, 3.05) is 20.8 Å². The number of benzene rings is 1. The van der Waals surface area contributed by atoms with Gasteiger partial charge >= 0.3 is 5.97 Å². The number of carbonyl (C=O) groups is 3. The summed E-state index contributed by atoms with van der Waals surface area (Å²) >= 11 is 0. The van der Waals surface area contributed by atoms with Gasteiger partial charge in [0.15, 0.2) is 0 Å². The minimum atomic E-state index is -0.656. The molecule has 1 rings (SSSR count). The smallest absolute Gasteiger partial charge is 0.341 e. The topological polar surface area (TPSA) is 120 Å². The van der Waals surface area contributed by atoms with E-state index in [4.69, 9.17) is 15.2 Å². The van der Waals surface area contributed by atoms with Crippen molar-refractivity contribution in [3.8, 4) is 5.75 Å². The van der Waals surface area contributed by atoms with Gasteiger partial charge in [0.1, 0.15) is 11.3 Å². The monoisotopic (exact) mass is 387 g/mol. The maximum absolute atomic E-state index is 11.8. The van der Waals surface area contributed by atoms with Crippen LogP contribution >= 0.6 is 12.4 Å². The summed E-state index contributed by atoms with van der Waals surface area (Å²) in [6, 6.07) is 4.27. The molecule has 0 aliphatic heterocycles. The Hall–Kier alpha value is -2.32.